The molecule has 4 rings (SSSR count). The van der Waals surface area contributed by atoms with E-state index in [1.807, 2.05) is 68.6 Å². The Morgan fingerprint density at radius 1 is 1.00 bits per heavy atom. The Kier molecular flexibility index (Phi) is 5.24. The summed E-state index contributed by atoms with van der Waals surface area (Å²) in [6.45, 7) is 2.54. The first kappa shape index (κ1) is 19.4. The summed E-state index contributed by atoms with van der Waals surface area (Å²) < 4.78 is 8.88. The molecule has 0 N–H and O–H groups in total. The predicted molar refractivity (Wildman–Crippen MR) is 116 cm³/mol. The Labute approximate surface area is 173 Å². The number of nitrogens with zero attached hydrogens (tertiary/aromatic N) is 3. The molecule has 0 saturated carbocycles. The second kappa shape index (κ2) is 7.83. The van der Waals surface area contributed by atoms with Gasteiger partial charge in [-0.1, -0.05) is 42.5 Å². The van der Waals surface area contributed by atoms with E-state index in [2.05, 4.69) is 0 Å². The Morgan fingerprint density at radius 2 is 1.69 bits per heavy atom. The number of anilines is 1. The van der Waals surface area contributed by atoms with Crippen LogP contribution in [0.5, 0.6) is 5.75 Å². The van der Waals surface area contributed by atoms with E-state index >= 15 is 0 Å². The van der Waals surface area contributed by atoms with Gasteiger partial charge >= 0.3 is 0 Å². The molecule has 0 spiro atoms. The number of amides is 1. The molecule has 3 aromatic rings. The van der Waals surface area contributed by atoms with E-state index in [4.69, 9.17) is 4.74 Å². The van der Waals surface area contributed by atoms with Crippen molar-refractivity contribution in [2.75, 3.05) is 17.3 Å². The SMILES string of the molecule is CCOc1ccc(C2SCC(=O)N2c2c(-c3ccccc3)n(C)n(C)c2=O)cc1. The first-order chi connectivity index (χ1) is 14.0. The zero-order valence-corrected chi connectivity index (χ0v) is 17.5. The molecule has 0 bridgehead atoms. The summed E-state index contributed by atoms with van der Waals surface area (Å²) in [6.07, 6.45) is 0. The average molecular weight is 410 g/mol. The van der Waals surface area contributed by atoms with E-state index in [1.165, 1.54) is 11.8 Å². The normalized spacial score (nSPS) is 16.4. The highest BCUT2D eigenvalue weighted by Crippen LogP contribution is 2.44. The lowest BCUT2D eigenvalue weighted by atomic mass is 10.1. The van der Waals surface area contributed by atoms with Gasteiger partial charge in [-0.3, -0.25) is 23.9 Å². The molecule has 1 atom stereocenters. The smallest absolute Gasteiger partial charge is 0.291 e. The van der Waals surface area contributed by atoms with E-state index in [9.17, 15) is 9.59 Å². The molecule has 1 aromatic heterocycles. The third-order valence-electron chi connectivity index (χ3n) is 5.13. The van der Waals surface area contributed by atoms with Gasteiger partial charge in [0.05, 0.1) is 18.1 Å². The van der Waals surface area contributed by atoms with E-state index in [0.29, 0.717) is 18.0 Å². The number of carbonyl (C=O) groups is 1. The van der Waals surface area contributed by atoms with Crippen LogP contribution in [0.25, 0.3) is 11.3 Å². The van der Waals surface area contributed by atoms with Crippen LogP contribution in [0.2, 0.25) is 0 Å². The minimum atomic E-state index is -0.254. The molecule has 1 fully saturated rings. The molecule has 7 heteroatoms. The van der Waals surface area contributed by atoms with Crippen molar-refractivity contribution in [1.82, 2.24) is 9.36 Å². The quantitative estimate of drug-likeness (QED) is 0.647. The molecule has 1 aliphatic heterocycles. The Hall–Kier alpha value is -2.93. The minimum absolute atomic E-state index is 0.0608. The van der Waals surface area contributed by atoms with Crippen LogP contribution in [0.3, 0.4) is 0 Å². The summed E-state index contributed by atoms with van der Waals surface area (Å²) in [5, 5.41) is -0.254. The summed E-state index contributed by atoms with van der Waals surface area (Å²) in [5.41, 5.74) is 2.85. The molecular formula is C22H23N3O3S. The number of hydrogen-bond donors (Lipinski definition) is 0. The molecule has 1 unspecified atom stereocenters. The largest absolute Gasteiger partial charge is 0.494 e. The fourth-order valence-electron chi connectivity index (χ4n) is 3.64. The zero-order valence-electron chi connectivity index (χ0n) is 16.7. The average Bonchev–Trinajstić information content (AvgIpc) is 3.22. The van der Waals surface area contributed by atoms with Gasteiger partial charge in [0, 0.05) is 19.7 Å². The third-order valence-corrected chi connectivity index (χ3v) is 6.34. The number of carbonyl (C=O) groups excluding carboxylic acids is 1. The molecule has 1 aliphatic rings. The number of hydrogen-bond acceptors (Lipinski definition) is 4. The fourth-order valence-corrected chi connectivity index (χ4v) is 4.80. The summed E-state index contributed by atoms with van der Waals surface area (Å²) in [4.78, 5) is 27.7. The molecule has 1 amide bonds. The highest BCUT2D eigenvalue weighted by Gasteiger charge is 2.38. The lowest BCUT2D eigenvalue weighted by molar-refractivity contribution is -0.115. The highest BCUT2D eigenvalue weighted by molar-refractivity contribution is 8.00. The van der Waals surface area contributed by atoms with Gasteiger partial charge in [0.25, 0.3) is 5.56 Å². The molecule has 2 aromatic carbocycles. The maximum absolute atomic E-state index is 13.2. The maximum Gasteiger partial charge on any atom is 0.291 e. The molecule has 0 radical (unpaired) electrons. The van der Waals surface area contributed by atoms with Crippen LogP contribution in [-0.4, -0.2) is 27.6 Å². The first-order valence-electron chi connectivity index (χ1n) is 9.50. The van der Waals surface area contributed by atoms with Gasteiger partial charge in [0.15, 0.2) is 0 Å². The summed E-state index contributed by atoms with van der Waals surface area (Å²) >= 11 is 1.53. The Morgan fingerprint density at radius 3 is 2.34 bits per heavy atom. The molecule has 2 heterocycles. The van der Waals surface area contributed by atoms with Crippen molar-refractivity contribution in [2.45, 2.75) is 12.3 Å². The van der Waals surface area contributed by atoms with Gasteiger partial charge in [-0.2, -0.15) is 0 Å². The molecule has 150 valence electrons. The van der Waals surface area contributed by atoms with Crippen molar-refractivity contribution in [3.05, 3.63) is 70.5 Å². The van der Waals surface area contributed by atoms with E-state index in [1.54, 1.807) is 21.3 Å². The molecule has 1 saturated heterocycles. The maximum atomic E-state index is 13.2. The van der Waals surface area contributed by atoms with Crippen LogP contribution in [-0.2, 0) is 18.9 Å². The Bertz CT molecular complexity index is 1090. The second-order valence-corrected chi connectivity index (χ2v) is 7.91. The van der Waals surface area contributed by atoms with Gasteiger partial charge in [0.2, 0.25) is 5.91 Å². The third kappa shape index (κ3) is 3.35. The van der Waals surface area contributed by atoms with Crippen LogP contribution < -0.4 is 15.2 Å². The standard InChI is InChI=1S/C22H23N3O3S/c1-4-28-17-12-10-16(11-13-17)22-25(18(26)14-29-22)20-19(15-8-6-5-7-9-15)23(2)24(3)21(20)27/h5-13,22H,4,14H2,1-3H3. The molecule has 6 nitrogen and oxygen atoms in total. The number of thioether (sulfide) groups is 1. The summed E-state index contributed by atoms with van der Waals surface area (Å²) in [6, 6.07) is 17.4. The van der Waals surface area contributed by atoms with E-state index < -0.39 is 0 Å². The summed E-state index contributed by atoms with van der Waals surface area (Å²) in [5.74, 6) is 1.07. The van der Waals surface area contributed by atoms with Gasteiger partial charge in [-0.25, -0.2) is 0 Å². The van der Waals surface area contributed by atoms with Crippen molar-refractivity contribution in [1.29, 1.82) is 0 Å². The molecular weight excluding hydrogens is 386 g/mol. The fraction of sp³-hybridized carbons (Fsp3) is 0.273. The number of benzene rings is 2. The first-order valence-corrected chi connectivity index (χ1v) is 10.6. The van der Waals surface area contributed by atoms with Gasteiger partial charge in [-0.15, -0.1) is 11.8 Å². The van der Waals surface area contributed by atoms with Crippen LogP contribution in [0.4, 0.5) is 5.69 Å². The number of aromatic nitrogens is 2. The van der Waals surface area contributed by atoms with Crippen molar-refractivity contribution in [3.8, 4) is 17.0 Å². The van der Waals surface area contributed by atoms with Gasteiger partial charge < -0.3 is 4.74 Å². The topological polar surface area (TPSA) is 56.5 Å². The lowest BCUT2D eigenvalue weighted by Crippen LogP contribution is -2.32. The second-order valence-electron chi connectivity index (χ2n) is 6.84. The van der Waals surface area contributed by atoms with Crippen molar-refractivity contribution in [3.63, 3.8) is 0 Å². The predicted octanol–water partition coefficient (Wildman–Crippen LogP) is 3.57. The van der Waals surface area contributed by atoms with Gasteiger partial charge in [-0.05, 0) is 24.6 Å². The van der Waals surface area contributed by atoms with Crippen molar-refractivity contribution < 1.29 is 9.53 Å². The Balaban J connectivity index is 1.83. The van der Waals surface area contributed by atoms with Crippen LogP contribution in [0.1, 0.15) is 17.9 Å². The number of ether oxygens (including phenoxy) is 1. The van der Waals surface area contributed by atoms with E-state index in [-0.39, 0.29) is 16.8 Å². The lowest BCUT2D eigenvalue weighted by Gasteiger charge is -2.24. The van der Waals surface area contributed by atoms with E-state index in [0.717, 1.165) is 22.6 Å². The zero-order chi connectivity index (χ0) is 20.5. The van der Waals surface area contributed by atoms with Crippen LogP contribution >= 0.6 is 11.8 Å². The highest BCUT2D eigenvalue weighted by atomic mass is 32.2. The van der Waals surface area contributed by atoms with Crippen LogP contribution in [0, 0.1) is 0 Å². The van der Waals surface area contributed by atoms with Crippen molar-refractivity contribution in [2.24, 2.45) is 14.1 Å². The van der Waals surface area contributed by atoms with Crippen molar-refractivity contribution >= 4 is 23.4 Å². The monoisotopic (exact) mass is 409 g/mol. The number of rotatable bonds is 5. The molecule has 29 heavy (non-hydrogen) atoms. The molecule has 0 aliphatic carbocycles. The summed E-state index contributed by atoms with van der Waals surface area (Å²) in [7, 11) is 3.56. The van der Waals surface area contributed by atoms with Gasteiger partial charge in [0.1, 0.15) is 16.8 Å². The minimum Gasteiger partial charge on any atom is -0.494 e. The van der Waals surface area contributed by atoms with Crippen LogP contribution in [0.15, 0.2) is 59.4 Å².